The first-order chi connectivity index (χ1) is 13.9. The molecule has 1 aliphatic rings. The van der Waals surface area contributed by atoms with Crippen LogP contribution in [-0.4, -0.2) is 55.3 Å². The number of halogens is 2. The predicted molar refractivity (Wildman–Crippen MR) is 103 cm³/mol. The Balaban J connectivity index is 1.65. The maximum Gasteiger partial charge on any atom is 0.291 e. The molecule has 1 fully saturated rings. The Morgan fingerprint density at radius 2 is 1.83 bits per heavy atom. The van der Waals surface area contributed by atoms with Crippen molar-refractivity contribution in [3.8, 4) is 11.5 Å². The van der Waals surface area contributed by atoms with Gasteiger partial charge in [-0.1, -0.05) is 0 Å². The SMILES string of the molecule is COc1cc(C=NNC(=O)c2cncc(N3CCC(F)(F)CC3)n2)cc(OC)c1. The van der Waals surface area contributed by atoms with Gasteiger partial charge in [-0.3, -0.25) is 9.78 Å². The lowest BCUT2D eigenvalue weighted by molar-refractivity contribution is -0.0221. The summed E-state index contributed by atoms with van der Waals surface area (Å²) in [5.74, 6) is -1.66. The molecule has 29 heavy (non-hydrogen) atoms. The molecule has 2 heterocycles. The van der Waals surface area contributed by atoms with Crippen molar-refractivity contribution < 1.29 is 23.0 Å². The van der Waals surface area contributed by atoms with Crippen LogP contribution >= 0.6 is 0 Å². The van der Waals surface area contributed by atoms with Gasteiger partial charge in [0.05, 0.1) is 32.8 Å². The second kappa shape index (κ2) is 8.80. The fraction of sp³-hybridized carbons (Fsp3) is 0.368. The van der Waals surface area contributed by atoms with Crippen molar-refractivity contribution in [2.45, 2.75) is 18.8 Å². The summed E-state index contributed by atoms with van der Waals surface area (Å²) >= 11 is 0. The number of alkyl halides is 2. The molecule has 8 nitrogen and oxygen atoms in total. The Morgan fingerprint density at radius 3 is 2.45 bits per heavy atom. The van der Waals surface area contributed by atoms with Gasteiger partial charge in [0, 0.05) is 37.6 Å². The van der Waals surface area contributed by atoms with Crippen LogP contribution in [0.15, 0.2) is 35.7 Å². The molecule has 0 aliphatic carbocycles. The lowest BCUT2D eigenvalue weighted by Crippen LogP contribution is -2.40. The average Bonchev–Trinajstić information content (AvgIpc) is 2.73. The highest BCUT2D eigenvalue weighted by Gasteiger charge is 2.34. The van der Waals surface area contributed by atoms with Crippen LogP contribution in [0, 0.1) is 0 Å². The van der Waals surface area contributed by atoms with Crippen molar-refractivity contribution in [3.05, 3.63) is 41.9 Å². The first-order valence-electron chi connectivity index (χ1n) is 8.91. The summed E-state index contributed by atoms with van der Waals surface area (Å²) in [6.07, 6.45) is 3.68. The number of nitrogens with one attached hydrogen (secondary N) is 1. The average molecular weight is 405 g/mol. The van der Waals surface area contributed by atoms with Crippen molar-refractivity contribution in [3.63, 3.8) is 0 Å². The molecule has 0 bridgehead atoms. The zero-order valence-corrected chi connectivity index (χ0v) is 16.1. The van der Waals surface area contributed by atoms with Crippen LogP contribution in [0.3, 0.4) is 0 Å². The van der Waals surface area contributed by atoms with Gasteiger partial charge in [0.25, 0.3) is 11.8 Å². The second-order valence-electron chi connectivity index (χ2n) is 6.45. The molecular weight excluding hydrogens is 384 g/mol. The van der Waals surface area contributed by atoms with Crippen LogP contribution in [0.5, 0.6) is 11.5 Å². The zero-order valence-electron chi connectivity index (χ0n) is 16.1. The van der Waals surface area contributed by atoms with E-state index in [9.17, 15) is 13.6 Å². The number of hydrazone groups is 1. The summed E-state index contributed by atoms with van der Waals surface area (Å²) in [4.78, 5) is 22.2. The summed E-state index contributed by atoms with van der Waals surface area (Å²) in [6, 6.07) is 5.17. The molecule has 1 amide bonds. The number of aromatic nitrogens is 2. The van der Waals surface area contributed by atoms with Gasteiger partial charge in [0.2, 0.25) is 0 Å². The Kier molecular flexibility index (Phi) is 6.20. The minimum absolute atomic E-state index is 0.0419. The fourth-order valence-corrected chi connectivity index (χ4v) is 2.81. The minimum Gasteiger partial charge on any atom is -0.497 e. The van der Waals surface area contributed by atoms with E-state index in [0.717, 1.165) is 0 Å². The number of benzene rings is 1. The Labute approximate surface area is 166 Å². The molecule has 1 aromatic carbocycles. The number of hydrogen-bond acceptors (Lipinski definition) is 7. The molecule has 154 valence electrons. The number of ether oxygens (including phenoxy) is 2. The van der Waals surface area contributed by atoms with Crippen molar-refractivity contribution >= 4 is 17.9 Å². The highest BCUT2D eigenvalue weighted by Crippen LogP contribution is 2.29. The van der Waals surface area contributed by atoms with Crippen LogP contribution in [0.25, 0.3) is 0 Å². The van der Waals surface area contributed by atoms with Crippen LogP contribution in [0.4, 0.5) is 14.6 Å². The number of piperidine rings is 1. The molecule has 3 rings (SSSR count). The highest BCUT2D eigenvalue weighted by atomic mass is 19.3. The van der Waals surface area contributed by atoms with Crippen LogP contribution in [0.1, 0.15) is 28.9 Å². The summed E-state index contributed by atoms with van der Waals surface area (Å²) in [5.41, 5.74) is 3.08. The molecular formula is C19H21F2N5O3. The van der Waals surface area contributed by atoms with Crippen molar-refractivity contribution in [2.24, 2.45) is 5.10 Å². The van der Waals surface area contributed by atoms with Crippen molar-refractivity contribution in [1.29, 1.82) is 0 Å². The molecule has 0 radical (unpaired) electrons. The Morgan fingerprint density at radius 1 is 1.17 bits per heavy atom. The van der Waals surface area contributed by atoms with Gasteiger partial charge in [0.15, 0.2) is 5.69 Å². The normalized spacial score (nSPS) is 15.9. The van der Waals surface area contributed by atoms with E-state index in [1.807, 2.05) is 0 Å². The third-order valence-electron chi connectivity index (χ3n) is 4.43. The van der Waals surface area contributed by atoms with E-state index in [0.29, 0.717) is 22.9 Å². The molecule has 10 heteroatoms. The number of amides is 1. The van der Waals surface area contributed by atoms with Gasteiger partial charge in [-0.05, 0) is 12.1 Å². The summed E-state index contributed by atoms with van der Waals surface area (Å²) < 4.78 is 37.0. The second-order valence-corrected chi connectivity index (χ2v) is 6.45. The summed E-state index contributed by atoms with van der Waals surface area (Å²) in [5, 5.41) is 3.91. The molecule has 1 aliphatic heterocycles. The van der Waals surface area contributed by atoms with E-state index in [2.05, 4.69) is 20.5 Å². The molecule has 0 spiro atoms. The van der Waals surface area contributed by atoms with Crippen LogP contribution < -0.4 is 19.8 Å². The number of rotatable bonds is 6. The van der Waals surface area contributed by atoms with Crippen molar-refractivity contribution in [1.82, 2.24) is 15.4 Å². The van der Waals surface area contributed by atoms with E-state index in [-0.39, 0.29) is 31.6 Å². The van der Waals surface area contributed by atoms with Crippen LogP contribution in [0.2, 0.25) is 0 Å². The van der Waals surface area contributed by atoms with Gasteiger partial charge >= 0.3 is 0 Å². The lowest BCUT2D eigenvalue weighted by atomic mass is 10.1. The van der Waals surface area contributed by atoms with E-state index >= 15 is 0 Å². The maximum absolute atomic E-state index is 13.3. The van der Waals surface area contributed by atoms with E-state index in [4.69, 9.17) is 9.47 Å². The third kappa shape index (κ3) is 5.37. The van der Waals surface area contributed by atoms with Gasteiger partial charge in [-0.15, -0.1) is 0 Å². The van der Waals surface area contributed by atoms with Gasteiger partial charge in [-0.2, -0.15) is 5.10 Å². The number of anilines is 1. The fourth-order valence-electron chi connectivity index (χ4n) is 2.81. The molecule has 0 unspecified atom stereocenters. The molecule has 2 aromatic rings. The number of hydrogen-bond donors (Lipinski definition) is 1. The molecule has 1 aromatic heterocycles. The first kappa shape index (κ1) is 20.4. The topological polar surface area (TPSA) is 88.9 Å². The van der Waals surface area contributed by atoms with E-state index in [1.54, 1.807) is 23.1 Å². The summed E-state index contributed by atoms with van der Waals surface area (Å²) in [6.45, 7) is 0.311. The number of carbonyl (C=O) groups is 1. The molecule has 1 N–H and O–H groups in total. The molecule has 1 saturated heterocycles. The molecule has 0 atom stereocenters. The number of methoxy groups -OCH3 is 2. The molecule has 0 saturated carbocycles. The standard InChI is InChI=1S/C19H21F2N5O3/c1-28-14-7-13(8-15(9-14)29-2)10-23-25-18(27)16-11-22-12-17(24-16)26-5-3-19(20,21)4-6-26/h7-12H,3-6H2,1-2H3,(H,25,27). The Hall–Kier alpha value is -3.30. The van der Waals surface area contributed by atoms with Crippen LogP contribution in [-0.2, 0) is 0 Å². The third-order valence-corrected chi connectivity index (χ3v) is 4.43. The van der Waals surface area contributed by atoms with Gasteiger partial charge in [-0.25, -0.2) is 19.2 Å². The van der Waals surface area contributed by atoms with E-state index < -0.39 is 11.8 Å². The highest BCUT2D eigenvalue weighted by molar-refractivity contribution is 5.93. The first-order valence-corrected chi connectivity index (χ1v) is 8.91. The predicted octanol–water partition coefficient (Wildman–Crippen LogP) is 2.49. The van der Waals surface area contributed by atoms with E-state index in [1.165, 1.54) is 32.8 Å². The van der Waals surface area contributed by atoms with Gasteiger partial charge < -0.3 is 14.4 Å². The zero-order chi connectivity index (χ0) is 20.9. The largest absolute Gasteiger partial charge is 0.497 e. The lowest BCUT2D eigenvalue weighted by Gasteiger charge is -2.32. The van der Waals surface area contributed by atoms with Gasteiger partial charge in [0.1, 0.15) is 17.3 Å². The summed E-state index contributed by atoms with van der Waals surface area (Å²) in [7, 11) is 3.07. The quantitative estimate of drug-likeness (QED) is 0.587. The number of nitrogens with zero attached hydrogens (tertiary/aromatic N) is 4. The minimum atomic E-state index is -2.66. The Bertz CT molecular complexity index is 875. The number of carbonyl (C=O) groups excluding carboxylic acids is 1. The van der Waals surface area contributed by atoms with Crippen molar-refractivity contribution in [2.75, 3.05) is 32.2 Å². The monoisotopic (exact) mass is 405 g/mol. The smallest absolute Gasteiger partial charge is 0.291 e. The maximum atomic E-state index is 13.3.